The Labute approximate surface area is 259 Å². The van der Waals surface area contributed by atoms with Gasteiger partial charge in [-0.2, -0.15) is 0 Å². The lowest BCUT2D eigenvalue weighted by Crippen LogP contribution is -2.33. The van der Waals surface area contributed by atoms with Gasteiger partial charge in [0.2, 0.25) is 0 Å². The average Bonchev–Trinajstić information content (AvgIpc) is 3.37. The van der Waals surface area contributed by atoms with E-state index < -0.39 is 5.91 Å². The Kier molecular flexibility index (Phi) is 7.44. The Bertz CT molecular complexity index is 2060. The van der Waals surface area contributed by atoms with Crippen molar-refractivity contribution in [1.82, 2.24) is 18.7 Å². The zero-order valence-corrected chi connectivity index (χ0v) is 25.8. The summed E-state index contributed by atoms with van der Waals surface area (Å²) in [5.41, 5.74) is 2.31. The summed E-state index contributed by atoms with van der Waals surface area (Å²) in [5.74, 6) is -0.479. The number of pyridine rings is 1. The van der Waals surface area contributed by atoms with E-state index in [9.17, 15) is 14.4 Å². The predicted octanol–water partition coefficient (Wildman–Crippen LogP) is 6.01. The van der Waals surface area contributed by atoms with Gasteiger partial charge in [0.1, 0.15) is 16.4 Å². The van der Waals surface area contributed by atoms with E-state index in [1.54, 1.807) is 43.0 Å². The van der Waals surface area contributed by atoms with Crippen LogP contribution in [-0.4, -0.2) is 29.0 Å². The molecule has 0 atom stereocenters. The van der Waals surface area contributed by atoms with E-state index in [4.69, 9.17) is 28.8 Å². The number of thiocarbonyl (C=S) groups is 1. The monoisotopic (exact) mass is 631 g/mol. The van der Waals surface area contributed by atoms with Crippen molar-refractivity contribution in [2.75, 3.05) is 4.90 Å². The van der Waals surface area contributed by atoms with Crippen LogP contribution in [0.25, 0.3) is 17.4 Å². The number of benzene rings is 2. The second-order valence-corrected chi connectivity index (χ2v) is 12.7. The van der Waals surface area contributed by atoms with Gasteiger partial charge < -0.3 is 0 Å². The molecule has 12 heteroatoms. The van der Waals surface area contributed by atoms with Crippen LogP contribution < -0.4 is 16.0 Å². The largest absolute Gasteiger partial charge is 0.296 e. The fraction of sp³-hybridized carbons (Fsp3) is 0.100. The molecule has 42 heavy (non-hydrogen) atoms. The van der Waals surface area contributed by atoms with Crippen molar-refractivity contribution in [3.8, 4) is 5.69 Å². The molecule has 1 saturated heterocycles. The van der Waals surface area contributed by atoms with Crippen molar-refractivity contribution in [2.24, 2.45) is 7.05 Å². The normalized spacial score (nSPS) is 14.5. The molecular formula is C30H22ClN5O3S3. The molecule has 1 fully saturated rings. The molecule has 1 amide bonds. The second kappa shape index (κ2) is 11.1. The number of aromatic nitrogens is 4. The van der Waals surface area contributed by atoms with E-state index in [1.165, 1.54) is 31.8 Å². The van der Waals surface area contributed by atoms with Gasteiger partial charge in [0.15, 0.2) is 4.32 Å². The zero-order valence-electron chi connectivity index (χ0n) is 22.6. The van der Waals surface area contributed by atoms with Gasteiger partial charge in [0.05, 0.1) is 21.8 Å². The fourth-order valence-electron chi connectivity index (χ4n) is 4.66. The molecule has 0 saturated carbocycles. The highest BCUT2D eigenvalue weighted by atomic mass is 35.5. The molecule has 8 nitrogen and oxygen atoms in total. The number of hydrogen-bond acceptors (Lipinski definition) is 7. The highest BCUT2D eigenvalue weighted by molar-refractivity contribution is 8.27. The second-order valence-electron chi connectivity index (χ2n) is 9.55. The Hall–Kier alpha value is -3.90. The average molecular weight is 632 g/mol. The number of fused-ring (bicyclic) bond motifs is 1. The molecule has 0 unspecified atom stereocenters. The summed E-state index contributed by atoms with van der Waals surface area (Å²) in [6.07, 6.45) is 3.24. The first-order valence-electron chi connectivity index (χ1n) is 12.7. The molecule has 6 rings (SSSR count). The third-order valence-electron chi connectivity index (χ3n) is 6.82. The number of hydrogen-bond donors (Lipinski definition) is 0. The molecule has 0 radical (unpaired) electrons. The minimum absolute atomic E-state index is 0.173. The Morgan fingerprint density at radius 3 is 2.38 bits per heavy atom. The van der Waals surface area contributed by atoms with Gasteiger partial charge in [0, 0.05) is 23.2 Å². The summed E-state index contributed by atoms with van der Waals surface area (Å²) in [6, 6.07) is 20.0. The first-order valence-corrected chi connectivity index (χ1v) is 15.1. The van der Waals surface area contributed by atoms with Gasteiger partial charge in [-0.05, 0) is 68.0 Å². The number of aryl methyl sites for hydroxylation is 1. The van der Waals surface area contributed by atoms with Crippen LogP contribution in [0.5, 0.6) is 0 Å². The maximum absolute atomic E-state index is 13.9. The topological polar surface area (TPSA) is 81.6 Å². The molecule has 4 heterocycles. The molecule has 210 valence electrons. The lowest BCUT2D eigenvalue weighted by Gasteiger charge is -2.12. The minimum Gasteiger partial charge on any atom is -0.283 e. The van der Waals surface area contributed by atoms with Crippen molar-refractivity contribution < 1.29 is 4.79 Å². The van der Waals surface area contributed by atoms with Crippen molar-refractivity contribution in [3.63, 3.8) is 0 Å². The molecule has 5 aromatic rings. The lowest BCUT2D eigenvalue weighted by atomic mass is 10.2. The van der Waals surface area contributed by atoms with Gasteiger partial charge in [-0.1, -0.05) is 71.6 Å². The maximum Gasteiger partial charge on any atom is 0.296 e. The van der Waals surface area contributed by atoms with Crippen molar-refractivity contribution >= 4 is 75.0 Å². The van der Waals surface area contributed by atoms with Crippen LogP contribution in [-0.2, 0) is 11.8 Å². The van der Waals surface area contributed by atoms with E-state index in [0.717, 1.165) is 22.2 Å². The third kappa shape index (κ3) is 4.92. The minimum atomic E-state index is -0.479. The fourth-order valence-corrected chi connectivity index (χ4v) is 6.93. The van der Waals surface area contributed by atoms with Crippen molar-refractivity contribution in [2.45, 2.75) is 23.8 Å². The SMILES string of the molecule is Cc1ccc2nc(Sc3ccc(Cl)cc3)c(C=C3SC(=S)N(c4c(C)n(C)n(-c5ccccc5)c4=O)C3=O)c(=O)n2c1. The molecule has 1 aliphatic heterocycles. The van der Waals surface area contributed by atoms with E-state index in [0.29, 0.717) is 27.1 Å². The number of amides is 1. The van der Waals surface area contributed by atoms with E-state index in [2.05, 4.69) is 0 Å². The summed E-state index contributed by atoms with van der Waals surface area (Å²) in [5, 5.41) is 1.02. The van der Waals surface area contributed by atoms with Crippen LogP contribution in [0.15, 0.2) is 97.3 Å². The van der Waals surface area contributed by atoms with E-state index in [1.807, 2.05) is 55.5 Å². The van der Waals surface area contributed by atoms with E-state index >= 15 is 0 Å². The summed E-state index contributed by atoms with van der Waals surface area (Å²) >= 11 is 14.0. The number of halogens is 1. The van der Waals surface area contributed by atoms with Crippen LogP contribution in [0.4, 0.5) is 5.69 Å². The van der Waals surface area contributed by atoms with Crippen LogP contribution in [0.1, 0.15) is 16.8 Å². The highest BCUT2D eigenvalue weighted by Crippen LogP contribution is 2.38. The van der Waals surface area contributed by atoms with Crippen LogP contribution in [0.2, 0.25) is 5.02 Å². The molecule has 1 aliphatic rings. The number of thioether (sulfide) groups is 1. The molecule has 2 aromatic carbocycles. The number of carbonyl (C=O) groups is 1. The first kappa shape index (κ1) is 28.2. The van der Waals surface area contributed by atoms with Crippen LogP contribution >= 0.6 is 47.3 Å². The standard InChI is InChI=1S/C30H22ClN5O3S3/c1-17-9-14-24-32-26(41-21-12-10-19(31)11-13-21)22(27(37)34(24)16-17)15-23-28(38)35(30(40)42-23)25-18(2)33(3)36(29(25)39)20-7-5-4-6-8-20/h4-16H,1-3H3. The maximum atomic E-state index is 13.9. The molecular weight excluding hydrogens is 610 g/mol. The summed E-state index contributed by atoms with van der Waals surface area (Å²) < 4.78 is 4.86. The molecule has 0 bridgehead atoms. The number of rotatable bonds is 5. The van der Waals surface area contributed by atoms with Crippen LogP contribution in [0, 0.1) is 13.8 Å². The Morgan fingerprint density at radius 2 is 1.67 bits per heavy atom. The van der Waals surface area contributed by atoms with Gasteiger partial charge in [0.25, 0.3) is 17.0 Å². The Morgan fingerprint density at radius 1 is 0.952 bits per heavy atom. The van der Waals surface area contributed by atoms with Crippen LogP contribution in [0.3, 0.4) is 0 Å². The summed E-state index contributed by atoms with van der Waals surface area (Å²) in [6.45, 7) is 3.65. The van der Waals surface area contributed by atoms with Gasteiger partial charge in [-0.15, -0.1) is 0 Å². The molecule has 0 aliphatic carbocycles. The predicted molar refractivity (Wildman–Crippen MR) is 173 cm³/mol. The van der Waals surface area contributed by atoms with Gasteiger partial charge in [-0.25, -0.2) is 9.67 Å². The number of carbonyl (C=O) groups excluding carboxylic acids is 1. The highest BCUT2D eigenvalue weighted by Gasteiger charge is 2.38. The van der Waals surface area contributed by atoms with E-state index in [-0.39, 0.29) is 31.6 Å². The quantitative estimate of drug-likeness (QED) is 0.133. The summed E-state index contributed by atoms with van der Waals surface area (Å²) in [7, 11) is 1.75. The smallest absolute Gasteiger partial charge is 0.283 e. The van der Waals surface area contributed by atoms with Gasteiger partial charge >= 0.3 is 0 Å². The third-order valence-corrected chi connectivity index (χ3v) is 9.38. The Balaban J connectivity index is 1.47. The lowest BCUT2D eigenvalue weighted by molar-refractivity contribution is -0.113. The van der Waals surface area contributed by atoms with Gasteiger partial charge in [-0.3, -0.25) is 28.4 Å². The molecule has 0 spiro atoms. The molecule has 0 N–H and O–H groups in total. The number of para-hydroxylation sites is 1. The number of nitrogens with zero attached hydrogens (tertiary/aromatic N) is 5. The first-order chi connectivity index (χ1) is 20.1. The zero-order chi connectivity index (χ0) is 29.7. The molecule has 3 aromatic heterocycles. The summed E-state index contributed by atoms with van der Waals surface area (Å²) in [4.78, 5) is 48.4. The van der Waals surface area contributed by atoms with Crippen molar-refractivity contribution in [3.05, 3.63) is 120 Å². The number of anilines is 1. The van der Waals surface area contributed by atoms with Crippen molar-refractivity contribution in [1.29, 1.82) is 0 Å².